The normalized spacial score (nSPS) is 17.7. The lowest BCUT2D eigenvalue weighted by Gasteiger charge is -2.23. The first kappa shape index (κ1) is 17.7. The first-order chi connectivity index (χ1) is 12.1. The lowest BCUT2D eigenvalue weighted by molar-refractivity contribution is 0.0292. The van der Waals surface area contributed by atoms with E-state index in [9.17, 15) is 15.5 Å². The summed E-state index contributed by atoms with van der Waals surface area (Å²) in [6.45, 7) is 1.95. The summed E-state index contributed by atoms with van der Waals surface area (Å²) in [6.07, 6.45) is 2.14. The van der Waals surface area contributed by atoms with Gasteiger partial charge in [-0.05, 0) is 54.8 Å². The summed E-state index contributed by atoms with van der Waals surface area (Å²) in [7, 11) is 1.62. The van der Waals surface area contributed by atoms with Gasteiger partial charge in [-0.1, -0.05) is 18.2 Å². The lowest BCUT2D eigenvalue weighted by Crippen LogP contribution is -2.31. The van der Waals surface area contributed by atoms with E-state index in [-0.39, 0.29) is 23.6 Å². The Balaban J connectivity index is 1.91. The minimum absolute atomic E-state index is 0.107. The fraction of sp³-hybridized carbons (Fsp3) is 0.368. The molecule has 2 aromatic rings. The van der Waals surface area contributed by atoms with Gasteiger partial charge in [-0.2, -0.15) is 0 Å². The van der Waals surface area contributed by atoms with Crippen LogP contribution in [-0.4, -0.2) is 46.7 Å². The fourth-order valence-corrected chi connectivity index (χ4v) is 3.42. The van der Waals surface area contributed by atoms with E-state index in [1.807, 2.05) is 18.2 Å². The summed E-state index contributed by atoms with van der Waals surface area (Å²) in [4.78, 5) is 2.30. The Morgan fingerprint density at radius 2 is 2.04 bits per heavy atom. The van der Waals surface area contributed by atoms with Gasteiger partial charge in [0.05, 0.1) is 19.4 Å². The molecule has 0 aromatic heterocycles. The highest BCUT2D eigenvalue weighted by atomic mass is 16.8. The number of hydrogen-bond donors (Lipinski definition) is 3. The van der Waals surface area contributed by atoms with Gasteiger partial charge in [0.2, 0.25) is 0 Å². The van der Waals surface area contributed by atoms with Crippen molar-refractivity contribution in [3.8, 4) is 16.9 Å². The van der Waals surface area contributed by atoms with Crippen LogP contribution in [0.2, 0.25) is 0 Å². The number of hydrogen-bond acceptors (Lipinski definition) is 6. The van der Waals surface area contributed by atoms with Crippen LogP contribution in [0, 0.1) is 0 Å². The average Bonchev–Trinajstić information content (AvgIpc) is 3.09. The summed E-state index contributed by atoms with van der Waals surface area (Å²) in [5.74, 6) is 0.725. The summed E-state index contributed by atoms with van der Waals surface area (Å²) >= 11 is 0. The van der Waals surface area contributed by atoms with Crippen LogP contribution in [0.3, 0.4) is 0 Å². The highest BCUT2D eigenvalue weighted by Crippen LogP contribution is 2.33. The minimum Gasteiger partial charge on any atom is -0.496 e. The van der Waals surface area contributed by atoms with E-state index in [1.165, 1.54) is 0 Å². The summed E-state index contributed by atoms with van der Waals surface area (Å²) in [6, 6.07) is 13.2. The van der Waals surface area contributed by atoms with Crippen molar-refractivity contribution in [1.29, 1.82) is 0 Å². The highest BCUT2D eigenvalue weighted by molar-refractivity contribution is 5.74. The van der Waals surface area contributed by atoms with Gasteiger partial charge < -0.3 is 9.84 Å². The van der Waals surface area contributed by atoms with Gasteiger partial charge >= 0.3 is 0 Å². The zero-order valence-corrected chi connectivity index (χ0v) is 14.3. The van der Waals surface area contributed by atoms with Crippen LogP contribution < -0.4 is 9.96 Å². The largest absolute Gasteiger partial charge is 0.496 e. The maximum atomic E-state index is 9.50. The van der Waals surface area contributed by atoms with Gasteiger partial charge in [-0.25, -0.2) is 0 Å². The molecule has 25 heavy (non-hydrogen) atoms. The topological polar surface area (TPSA) is 76.4 Å². The van der Waals surface area contributed by atoms with E-state index < -0.39 is 0 Å². The molecule has 3 N–H and O–H groups in total. The molecule has 6 nitrogen and oxygen atoms in total. The van der Waals surface area contributed by atoms with E-state index in [2.05, 4.69) is 11.0 Å². The van der Waals surface area contributed by atoms with E-state index in [1.54, 1.807) is 25.3 Å². The molecule has 0 spiro atoms. The molecule has 1 aliphatic heterocycles. The van der Waals surface area contributed by atoms with Crippen molar-refractivity contribution in [3.63, 3.8) is 0 Å². The number of nitrogens with zero attached hydrogens (tertiary/aromatic N) is 2. The molecule has 0 aliphatic carbocycles. The molecule has 0 bridgehead atoms. The van der Waals surface area contributed by atoms with Gasteiger partial charge in [-0.15, -0.1) is 5.23 Å². The SMILES string of the molecule is COc1ccc(CN2CCC[C@@H]2CO)cc1-c1cccc(N(O)O)c1. The standard InChI is InChI=1S/C19H24N2O4/c1-25-19-8-7-14(12-20-9-3-6-17(20)13-22)10-18(19)15-4-2-5-16(11-15)21(23)24/h2,4-5,7-8,10-11,17,22-24H,3,6,9,12-13H2,1H3/t17-/m1/s1. The molecule has 1 saturated heterocycles. The summed E-state index contributed by atoms with van der Waals surface area (Å²) < 4.78 is 5.48. The fourth-order valence-electron chi connectivity index (χ4n) is 3.42. The van der Waals surface area contributed by atoms with E-state index in [0.29, 0.717) is 0 Å². The molecule has 1 aliphatic rings. The van der Waals surface area contributed by atoms with Crippen molar-refractivity contribution in [2.45, 2.75) is 25.4 Å². The van der Waals surface area contributed by atoms with Gasteiger partial charge in [0.15, 0.2) is 0 Å². The van der Waals surface area contributed by atoms with Crippen LogP contribution in [0.4, 0.5) is 5.69 Å². The predicted molar refractivity (Wildman–Crippen MR) is 95.0 cm³/mol. The Morgan fingerprint density at radius 1 is 1.20 bits per heavy atom. The Bertz CT molecular complexity index is 720. The summed E-state index contributed by atoms with van der Waals surface area (Å²) in [5.41, 5.74) is 3.14. The quantitative estimate of drug-likeness (QED) is 0.700. The molecule has 2 aromatic carbocycles. The second-order valence-corrected chi connectivity index (χ2v) is 6.32. The molecule has 134 valence electrons. The lowest BCUT2D eigenvalue weighted by atomic mass is 10.0. The third-order valence-electron chi connectivity index (χ3n) is 4.75. The van der Waals surface area contributed by atoms with Gasteiger partial charge in [0.1, 0.15) is 5.75 Å². The zero-order valence-electron chi connectivity index (χ0n) is 14.3. The number of anilines is 1. The van der Waals surface area contributed by atoms with Crippen LogP contribution in [0.15, 0.2) is 42.5 Å². The Morgan fingerprint density at radius 3 is 2.76 bits per heavy atom. The summed E-state index contributed by atoms with van der Waals surface area (Å²) in [5, 5.41) is 28.1. The smallest absolute Gasteiger partial charge is 0.126 e. The third-order valence-corrected chi connectivity index (χ3v) is 4.75. The van der Waals surface area contributed by atoms with Crippen molar-refractivity contribution >= 4 is 5.69 Å². The van der Waals surface area contributed by atoms with Crippen molar-refractivity contribution in [2.24, 2.45) is 0 Å². The number of ether oxygens (including phenoxy) is 1. The maximum absolute atomic E-state index is 9.50. The van der Waals surface area contributed by atoms with Crippen LogP contribution in [-0.2, 0) is 6.54 Å². The molecule has 0 saturated carbocycles. The van der Waals surface area contributed by atoms with Crippen molar-refractivity contribution in [2.75, 3.05) is 25.5 Å². The predicted octanol–water partition coefficient (Wildman–Crippen LogP) is 2.90. The Kier molecular flexibility index (Phi) is 5.55. The molecular weight excluding hydrogens is 320 g/mol. The maximum Gasteiger partial charge on any atom is 0.126 e. The van der Waals surface area contributed by atoms with Gasteiger partial charge in [0.25, 0.3) is 0 Å². The minimum atomic E-state index is 0.107. The van der Waals surface area contributed by atoms with Crippen LogP contribution in [0.5, 0.6) is 5.75 Å². The van der Waals surface area contributed by atoms with Crippen molar-refractivity contribution in [3.05, 3.63) is 48.0 Å². The van der Waals surface area contributed by atoms with Crippen LogP contribution in [0.25, 0.3) is 11.1 Å². The molecule has 3 rings (SSSR count). The number of methoxy groups -OCH3 is 1. The second kappa shape index (κ2) is 7.84. The molecule has 0 radical (unpaired) electrons. The molecule has 1 fully saturated rings. The van der Waals surface area contributed by atoms with E-state index >= 15 is 0 Å². The highest BCUT2D eigenvalue weighted by Gasteiger charge is 2.23. The van der Waals surface area contributed by atoms with E-state index in [0.717, 1.165) is 48.4 Å². The molecule has 0 unspecified atom stereocenters. The van der Waals surface area contributed by atoms with Crippen LogP contribution >= 0.6 is 0 Å². The molecular formula is C19H24N2O4. The average molecular weight is 344 g/mol. The van der Waals surface area contributed by atoms with Crippen molar-refractivity contribution < 1.29 is 20.3 Å². The van der Waals surface area contributed by atoms with Gasteiger partial charge in [0, 0.05) is 18.2 Å². The number of rotatable bonds is 6. The monoisotopic (exact) mass is 344 g/mol. The number of benzene rings is 2. The second-order valence-electron chi connectivity index (χ2n) is 6.32. The Hall–Kier alpha value is -2.12. The first-order valence-electron chi connectivity index (χ1n) is 8.42. The first-order valence-corrected chi connectivity index (χ1v) is 8.42. The number of likely N-dealkylation sites (tertiary alicyclic amines) is 1. The van der Waals surface area contributed by atoms with E-state index in [4.69, 9.17) is 4.74 Å². The van der Waals surface area contributed by atoms with Crippen LogP contribution in [0.1, 0.15) is 18.4 Å². The third kappa shape index (κ3) is 3.93. The zero-order chi connectivity index (χ0) is 17.8. The Labute approximate surface area is 147 Å². The molecule has 1 heterocycles. The van der Waals surface area contributed by atoms with Gasteiger partial charge in [-0.3, -0.25) is 15.3 Å². The molecule has 1 atom stereocenters. The number of aliphatic hydroxyl groups is 1. The van der Waals surface area contributed by atoms with Crippen molar-refractivity contribution in [1.82, 2.24) is 4.90 Å². The molecule has 6 heteroatoms. The molecule has 0 amide bonds. The number of aliphatic hydroxyl groups excluding tert-OH is 1.